The lowest BCUT2D eigenvalue weighted by atomic mass is 10.2. The van der Waals surface area contributed by atoms with Crippen LogP contribution in [0.5, 0.6) is 5.75 Å². The van der Waals surface area contributed by atoms with E-state index in [1.807, 2.05) is 18.2 Å². The molecule has 0 fully saturated rings. The van der Waals surface area contributed by atoms with Gasteiger partial charge in [0.25, 0.3) is 0 Å². The van der Waals surface area contributed by atoms with Gasteiger partial charge >= 0.3 is 5.97 Å². The smallest absolute Gasteiger partial charge is 0.317 e. The highest BCUT2D eigenvalue weighted by Gasteiger charge is 1.97. The summed E-state index contributed by atoms with van der Waals surface area (Å²) >= 11 is 0. The van der Waals surface area contributed by atoms with Gasteiger partial charge in [0.2, 0.25) is 0 Å². The molecule has 16 heavy (non-hydrogen) atoms. The Morgan fingerprint density at radius 3 is 2.69 bits per heavy atom. The number of hydrogen-bond acceptors (Lipinski definition) is 4. The average molecular weight is 220 g/mol. The zero-order valence-corrected chi connectivity index (χ0v) is 8.64. The second-order valence-corrected chi connectivity index (χ2v) is 3.09. The van der Waals surface area contributed by atoms with E-state index >= 15 is 0 Å². The number of nitriles is 1. The summed E-state index contributed by atoms with van der Waals surface area (Å²) in [5.41, 5.74) is 0.963. The minimum Gasteiger partial charge on any atom is -0.480 e. The van der Waals surface area contributed by atoms with E-state index in [4.69, 9.17) is 15.1 Å². The second kappa shape index (κ2) is 6.43. The fourth-order valence-corrected chi connectivity index (χ4v) is 1.13. The van der Waals surface area contributed by atoms with Crippen molar-refractivity contribution in [3.8, 4) is 11.8 Å². The maximum atomic E-state index is 10.2. The summed E-state index contributed by atoms with van der Waals surface area (Å²) in [5, 5.41) is 19.5. The van der Waals surface area contributed by atoms with E-state index in [2.05, 4.69) is 5.32 Å². The van der Waals surface area contributed by atoms with E-state index in [-0.39, 0.29) is 13.2 Å². The highest BCUT2D eigenvalue weighted by Crippen LogP contribution is 2.11. The zero-order valence-electron chi connectivity index (χ0n) is 8.64. The first kappa shape index (κ1) is 12.0. The summed E-state index contributed by atoms with van der Waals surface area (Å²) in [6.45, 7) is 0.453. The first-order valence-corrected chi connectivity index (χ1v) is 4.73. The largest absolute Gasteiger partial charge is 0.480 e. The van der Waals surface area contributed by atoms with Crippen molar-refractivity contribution in [1.82, 2.24) is 5.32 Å². The van der Waals surface area contributed by atoms with Crippen molar-refractivity contribution >= 4 is 5.97 Å². The molecule has 5 nitrogen and oxygen atoms in total. The number of ether oxygens (including phenoxy) is 1. The normalized spacial score (nSPS) is 9.44. The number of nitrogens with one attached hydrogen (secondary N) is 1. The van der Waals surface area contributed by atoms with Gasteiger partial charge in [-0.3, -0.25) is 4.79 Å². The zero-order chi connectivity index (χ0) is 11.8. The van der Waals surface area contributed by atoms with Crippen LogP contribution < -0.4 is 10.1 Å². The Balaban J connectivity index is 2.39. The summed E-state index contributed by atoms with van der Waals surface area (Å²) in [4.78, 5) is 10.2. The maximum Gasteiger partial charge on any atom is 0.317 e. The Labute approximate surface area is 93.3 Å². The lowest BCUT2D eigenvalue weighted by Gasteiger charge is -2.04. The molecule has 0 atom stereocenters. The van der Waals surface area contributed by atoms with Crippen molar-refractivity contribution in [2.75, 3.05) is 13.2 Å². The van der Waals surface area contributed by atoms with Crippen LogP contribution >= 0.6 is 0 Å². The van der Waals surface area contributed by atoms with Gasteiger partial charge in [-0.25, -0.2) is 0 Å². The Morgan fingerprint density at radius 1 is 1.44 bits per heavy atom. The number of rotatable bonds is 6. The van der Waals surface area contributed by atoms with Gasteiger partial charge in [-0.2, -0.15) is 5.26 Å². The predicted molar refractivity (Wildman–Crippen MR) is 56.9 cm³/mol. The summed E-state index contributed by atoms with van der Waals surface area (Å²) in [6.07, 6.45) is 0. The molecule has 0 aromatic heterocycles. The lowest BCUT2D eigenvalue weighted by molar-refractivity contribution is -0.135. The Bertz CT molecular complexity index is 381. The summed E-state index contributed by atoms with van der Waals surface area (Å²) < 4.78 is 5.08. The van der Waals surface area contributed by atoms with Gasteiger partial charge < -0.3 is 15.2 Å². The Kier molecular flexibility index (Phi) is 4.83. The second-order valence-electron chi connectivity index (χ2n) is 3.09. The van der Waals surface area contributed by atoms with E-state index in [1.54, 1.807) is 12.1 Å². The molecule has 0 aliphatic rings. The van der Waals surface area contributed by atoms with Crippen molar-refractivity contribution in [2.45, 2.75) is 6.54 Å². The molecule has 0 aliphatic heterocycles. The molecule has 0 aliphatic carbocycles. The molecule has 5 heteroatoms. The average Bonchev–Trinajstić information content (AvgIpc) is 2.27. The van der Waals surface area contributed by atoms with Crippen LogP contribution in [0.3, 0.4) is 0 Å². The monoisotopic (exact) mass is 220 g/mol. The first-order valence-electron chi connectivity index (χ1n) is 4.73. The molecular formula is C11H12N2O3. The number of aliphatic carboxylic acids is 1. The highest BCUT2D eigenvalue weighted by molar-refractivity contribution is 5.68. The summed E-state index contributed by atoms with van der Waals surface area (Å²) in [6, 6.07) is 9.01. The number of carbonyl (C=O) groups is 1. The minimum absolute atomic E-state index is 0.0244. The SMILES string of the molecule is N#CCOc1ccc(CNCC(=O)O)cc1. The molecule has 0 spiro atoms. The minimum atomic E-state index is -0.881. The summed E-state index contributed by atoms with van der Waals surface area (Å²) in [7, 11) is 0. The van der Waals surface area contributed by atoms with Crippen LogP contribution in [-0.4, -0.2) is 24.2 Å². The molecule has 0 saturated carbocycles. The van der Waals surface area contributed by atoms with Crippen LogP contribution in [0.2, 0.25) is 0 Å². The van der Waals surface area contributed by atoms with E-state index in [1.165, 1.54) is 0 Å². The molecule has 1 aromatic carbocycles. The van der Waals surface area contributed by atoms with E-state index < -0.39 is 5.97 Å². The molecule has 0 unspecified atom stereocenters. The van der Waals surface area contributed by atoms with Gasteiger partial charge in [-0.15, -0.1) is 0 Å². The molecule has 0 heterocycles. The molecule has 1 aromatic rings. The predicted octanol–water partition coefficient (Wildman–Crippen LogP) is 0.763. The van der Waals surface area contributed by atoms with Crippen molar-refractivity contribution < 1.29 is 14.6 Å². The van der Waals surface area contributed by atoms with Crippen LogP contribution in [0, 0.1) is 11.3 Å². The third-order valence-corrected chi connectivity index (χ3v) is 1.83. The van der Waals surface area contributed by atoms with Crippen LogP contribution in [0.15, 0.2) is 24.3 Å². The van der Waals surface area contributed by atoms with E-state index in [0.29, 0.717) is 12.3 Å². The summed E-state index contributed by atoms with van der Waals surface area (Å²) in [5.74, 6) is -0.252. The number of benzene rings is 1. The van der Waals surface area contributed by atoms with Gasteiger partial charge in [0.05, 0.1) is 6.54 Å². The molecule has 0 saturated heterocycles. The van der Waals surface area contributed by atoms with Crippen molar-refractivity contribution in [3.05, 3.63) is 29.8 Å². The third-order valence-electron chi connectivity index (χ3n) is 1.83. The van der Waals surface area contributed by atoms with Gasteiger partial charge in [-0.05, 0) is 17.7 Å². The molecule has 2 N–H and O–H groups in total. The quantitative estimate of drug-likeness (QED) is 0.739. The standard InChI is InChI=1S/C11H12N2O3/c12-5-6-16-10-3-1-9(2-4-10)7-13-8-11(14)15/h1-4,13H,6-8H2,(H,14,15). The molecule has 0 radical (unpaired) electrons. The van der Waals surface area contributed by atoms with Crippen LogP contribution in [0.25, 0.3) is 0 Å². The van der Waals surface area contributed by atoms with Crippen LogP contribution in [0.4, 0.5) is 0 Å². The fraction of sp³-hybridized carbons (Fsp3) is 0.273. The lowest BCUT2D eigenvalue weighted by Crippen LogP contribution is -2.21. The number of hydrogen-bond donors (Lipinski definition) is 2. The maximum absolute atomic E-state index is 10.2. The van der Waals surface area contributed by atoms with E-state index in [9.17, 15) is 4.79 Å². The topological polar surface area (TPSA) is 82.3 Å². The van der Waals surface area contributed by atoms with Crippen molar-refractivity contribution in [3.63, 3.8) is 0 Å². The molecule has 84 valence electrons. The number of carboxylic acids is 1. The van der Waals surface area contributed by atoms with Gasteiger partial charge in [-0.1, -0.05) is 12.1 Å². The van der Waals surface area contributed by atoms with Crippen molar-refractivity contribution in [1.29, 1.82) is 5.26 Å². The van der Waals surface area contributed by atoms with Crippen LogP contribution in [0.1, 0.15) is 5.56 Å². The third kappa shape index (κ3) is 4.44. The Morgan fingerprint density at radius 2 is 2.12 bits per heavy atom. The number of nitrogens with zero attached hydrogens (tertiary/aromatic N) is 1. The van der Waals surface area contributed by atoms with Crippen molar-refractivity contribution in [2.24, 2.45) is 0 Å². The Hall–Kier alpha value is -2.06. The fourth-order valence-electron chi connectivity index (χ4n) is 1.13. The van der Waals surface area contributed by atoms with Gasteiger partial charge in [0.15, 0.2) is 6.61 Å². The highest BCUT2D eigenvalue weighted by atomic mass is 16.5. The van der Waals surface area contributed by atoms with E-state index in [0.717, 1.165) is 5.56 Å². The first-order chi connectivity index (χ1) is 7.72. The molecule has 1 rings (SSSR count). The molecular weight excluding hydrogens is 208 g/mol. The van der Waals surface area contributed by atoms with Gasteiger partial charge in [0, 0.05) is 6.54 Å². The number of carboxylic acid groups (broad SMARTS) is 1. The van der Waals surface area contributed by atoms with Crippen LogP contribution in [-0.2, 0) is 11.3 Å². The molecule has 0 bridgehead atoms. The molecule has 0 amide bonds. The van der Waals surface area contributed by atoms with Gasteiger partial charge in [0.1, 0.15) is 11.8 Å².